The van der Waals surface area contributed by atoms with Crippen LogP contribution < -0.4 is 10.3 Å². The smallest absolute Gasteiger partial charge is 0.271 e. The first-order chi connectivity index (χ1) is 12.7. The van der Waals surface area contributed by atoms with Gasteiger partial charge in [-0.15, -0.1) is 0 Å². The summed E-state index contributed by atoms with van der Waals surface area (Å²) in [6.07, 6.45) is 7.25. The summed E-state index contributed by atoms with van der Waals surface area (Å²) < 4.78 is 7.32. The molecule has 0 amide bonds. The predicted molar refractivity (Wildman–Crippen MR) is 107 cm³/mol. The first-order valence-electron chi connectivity index (χ1n) is 9.37. The molecule has 138 valence electrons. The summed E-state index contributed by atoms with van der Waals surface area (Å²) in [7, 11) is 1.66. The second-order valence-electron chi connectivity index (χ2n) is 7.10. The first-order valence-corrected chi connectivity index (χ1v) is 10.3. The van der Waals surface area contributed by atoms with Gasteiger partial charge in [-0.2, -0.15) is 0 Å². The second kappa shape index (κ2) is 7.35. The summed E-state index contributed by atoms with van der Waals surface area (Å²) in [5.74, 6) is 1.66. The molecule has 2 heterocycles. The Morgan fingerprint density at radius 1 is 1.15 bits per heavy atom. The molecule has 6 heteroatoms. The minimum atomic E-state index is -0.0239. The number of ether oxygens (including phenoxy) is 1. The summed E-state index contributed by atoms with van der Waals surface area (Å²) in [6.45, 7) is 2.03. The number of nitrogens with one attached hydrogen (secondary N) is 1. The van der Waals surface area contributed by atoms with Crippen molar-refractivity contribution in [1.82, 2.24) is 9.78 Å². The number of aliphatic imine (C=N–C) groups is 1. The number of thioether (sulfide) groups is 1. The van der Waals surface area contributed by atoms with Crippen LogP contribution in [0.5, 0.6) is 5.75 Å². The number of H-pyrrole nitrogens is 1. The van der Waals surface area contributed by atoms with Crippen LogP contribution in [-0.4, -0.2) is 21.9 Å². The summed E-state index contributed by atoms with van der Waals surface area (Å²) >= 11 is 1.65. The van der Waals surface area contributed by atoms with Crippen LogP contribution in [0.3, 0.4) is 0 Å². The third-order valence-corrected chi connectivity index (χ3v) is 6.53. The van der Waals surface area contributed by atoms with Gasteiger partial charge in [0.15, 0.2) is 5.82 Å². The minimum Gasteiger partial charge on any atom is -0.497 e. The molecule has 1 atom stereocenters. The highest BCUT2D eigenvalue weighted by Gasteiger charge is 2.32. The van der Waals surface area contributed by atoms with Crippen molar-refractivity contribution in [2.45, 2.75) is 56.7 Å². The van der Waals surface area contributed by atoms with Crippen LogP contribution >= 0.6 is 11.8 Å². The van der Waals surface area contributed by atoms with E-state index in [1.807, 2.05) is 31.2 Å². The zero-order chi connectivity index (χ0) is 18.1. The van der Waals surface area contributed by atoms with Crippen LogP contribution in [-0.2, 0) is 0 Å². The van der Waals surface area contributed by atoms with E-state index in [-0.39, 0.29) is 10.8 Å². The Labute approximate surface area is 157 Å². The highest BCUT2D eigenvalue weighted by molar-refractivity contribution is 8.14. The van der Waals surface area contributed by atoms with E-state index < -0.39 is 0 Å². The van der Waals surface area contributed by atoms with Crippen LogP contribution in [0, 0.1) is 0 Å². The van der Waals surface area contributed by atoms with Crippen molar-refractivity contribution in [2.75, 3.05) is 7.11 Å². The maximum atomic E-state index is 12.8. The zero-order valence-electron chi connectivity index (χ0n) is 15.3. The Hall–Kier alpha value is -1.95. The average molecular weight is 372 g/mol. The van der Waals surface area contributed by atoms with Crippen LogP contribution in [0.1, 0.15) is 67.9 Å². The van der Waals surface area contributed by atoms with Gasteiger partial charge in [0.1, 0.15) is 5.75 Å². The molecule has 1 aliphatic carbocycles. The predicted octanol–water partition coefficient (Wildman–Crippen LogP) is 4.97. The number of hydrogen-bond donors (Lipinski definition) is 1. The van der Waals surface area contributed by atoms with Crippen LogP contribution in [0.25, 0.3) is 0 Å². The monoisotopic (exact) mass is 371 g/mol. The molecule has 1 fully saturated rings. The van der Waals surface area contributed by atoms with E-state index in [9.17, 15) is 4.79 Å². The first kappa shape index (κ1) is 17.5. The largest absolute Gasteiger partial charge is 0.497 e. The summed E-state index contributed by atoms with van der Waals surface area (Å²) in [5.41, 5.74) is 1.89. The van der Waals surface area contributed by atoms with E-state index >= 15 is 0 Å². The van der Waals surface area contributed by atoms with E-state index in [0.717, 1.165) is 40.6 Å². The minimum absolute atomic E-state index is 0.00573. The third kappa shape index (κ3) is 3.22. The second-order valence-corrected chi connectivity index (χ2v) is 8.39. The number of rotatable bonds is 3. The van der Waals surface area contributed by atoms with Gasteiger partial charge >= 0.3 is 0 Å². The highest BCUT2D eigenvalue weighted by Crippen LogP contribution is 2.45. The average Bonchev–Trinajstić information content (AvgIpc) is 2.84. The molecule has 1 aliphatic heterocycles. The molecule has 1 saturated carbocycles. The van der Waals surface area contributed by atoms with E-state index in [1.165, 1.54) is 25.7 Å². The van der Waals surface area contributed by atoms with Gasteiger partial charge in [-0.1, -0.05) is 49.6 Å². The molecule has 1 aromatic carbocycles. The van der Waals surface area contributed by atoms with Crippen LogP contribution in [0.2, 0.25) is 0 Å². The number of methoxy groups -OCH3 is 1. The van der Waals surface area contributed by atoms with Crippen molar-refractivity contribution in [2.24, 2.45) is 4.99 Å². The number of fused-ring (bicyclic) bond motifs is 1. The van der Waals surface area contributed by atoms with Gasteiger partial charge in [0, 0.05) is 0 Å². The fourth-order valence-electron chi connectivity index (χ4n) is 4.00. The van der Waals surface area contributed by atoms with E-state index in [2.05, 4.69) is 9.78 Å². The van der Waals surface area contributed by atoms with Crippen molar-refractivity contribution in [3.05, 3.63) is 45.7 Å². The maximum Gasteiger partial charge on any atom is 0.271 e. The molecule has 2 aliphatic rings. The lowest BCUT2D eigenvalue weighted by Crippen LogP contribution is -2.13. The van der Waals surface area contributed by atoms with Crippen molar-refractivity contribution in [3.8, 4) is 5.75 Å². The van der Waals surface area contributed by atoms with Gasteiger partial charge in [-0.25, -0.2) is 4.99 Å². The third-order valence-electron chi connectivity index (χ3n) is 5.36. The summed E-state index contributed by atoms with van der Waals surface area (Å²) in [4.78, 5) is 17.6. The van der Waals surface area contributed by atoms with Gasteiger partial charge < -0.3 is 4.74 Å². The number of aromatic nitrogens is 2. The van der Waals surface area contributed by atoms with Crippen LogP contribution in [0.15, 0.2) is 34.1 Å². The van der Waals surface area contributed by atoms with Crippen molar-refractivity contribution >= 4 is 22.6 Å². The molecule has 1 aromatic heterocycles. The standard InChI is InChI=1S/C20H25N3O2S/c1-13-21-19-17(18(26-13)14-9-11-16(25-2)12-10-14)20(24)22-23(19)15-7-5-3-4-6-8-15/h9-12,15,18H,3-8H2,1-2H3,(H,22,24)/t18-/m0/s1. The Morgan fingerprint density at radius 2 is 1.85 bits per heavy atom. The van der Waals surface area contributed by atoms with Gasteiger partial charge in [0.05, 0.1) is 29.0 Å². The summed E-state index contributed by atoms with van der Waals surface area (Å²) in [6, 6.07) is 8.34. The molecule has 5 nitrogen and oxygen atoms in total. The molecule has 26 heavy (non-hydrogen) atoms. The van der Waals surface area contributed by atoms with Gasteiger partial charge in [-0.05, 0) is 37.5 Å². The van der Waals surface area contributed by atoms with E-state index in [0.29, 0.717) is 6.04 Å². The van der Waals surface area contributed by atoms with E-state index in [1.54, 1.807) is 18.9 Å². The Kier molecular flexibility index (Phi) is 4.94. The molecule has 0 bridgehead atoms. The molecule has 0 unspecified atom stereocenters. The van der Waals surface area contributed by atoms with Crippen LogP contribution in [0.4, 0.5) is 5.82 Å². The maximum absolute atomic E-state index is 12.8. The molecule has 2 aromatic rings. The Balaban J connectivity index is 1.76. The van der Waals surface area contributed by atoms with Crippen molar-refractivity contribution in [3.63, 3.8) is 0 Å². The summed E-state index contributed by atoms with van der Waals surface area (Å²) in [5, 5.41) is 4.09. The lowest BCUT2D eigenvalue weighted by molar-refractivity contribution is 0.407. The Bertz CT molecular complexity index is 858. The number of hydrogen-bond acceptors (Lipinski definition) is 4. The molecule has 0 spiro atoms. The highest BCUT2D eigenvalue weighted by atomic mass is 32.2. The number of nitrogens with zero attached hydrogens (tertiary/aromatic N) is 2. The quantitative estimate of drug-likeness (QED) is 0.775. The number of aromatic amines is 1. The number of benzene rings is 1. The molecular weight excluding hydrogens is 346 g/mol. The van der Waals surface area contributed by atoms with Crippen molar-refractivity contribution < 1.29 is 4.74 Å². The fourth-order valence-corrected chi connectivity index (χ4v) is 5.11. The van der Waals surface area contributed by atoms with Gasteiger partial charge in [0.2, 0.25) is 0 Å². The molecule has 1 N–H and O–H groups in total. The molecule has 0 saturated heterocycles. The fraction of sp³-hybridized carbons (Fsp3) is 0.500. The molecular formula is C20H25N3O2S. The topological polar surface area (TPSA) is 59.4 Å². The molecule has 0 radical (unpaired) electrons. The Morgan fingerprint density at radius 3 is 2.50 bits per heavy atom. The SMILES string of the molecule is COc1ccc([C@@H]2SC(C)=Nc3c2c(=O)[nH]n3C2CCCCCC2)cc1. The lowest BCUT2D eigenvalue weighted by atomic mass is 10.1. The van der Waals surface area contributed by atoms with E-state index in [4.69, 9.17) is 9.73 Å². The lowest BCUT2D eigenvalue weighted by Gasteiger charge is -2.23. The molecule has 4 rings (SSSR count). The van der Waals surface area contributed by atoms with Crippen molar-refractivity contribution in [1.29, 1.82) is 0 Å². The normalized spacial score (nSPS) is 21.0. The van der Waals surface area contributed by atoms with Gasteiger partial charge in [0.25, 0.3) is 5.56 Å². The zero-order valence-corrected chi connectivity index (χ0v) is 16.1. The van der Waals surface area contributed by atoms with Gasteiger partial charge in [-0.3, -0.25) is 14.6 Å².